The zero-order chi connectivity index (χ0) is 31.0. The lowest BCUT2D eigenvalue weighted by Crippen LogP contribution is -2.48. The molecule has 1 unspecified atom stereocenters. The second-order valence-corrected chi connectivity index (χ2v) is 10.2. The number of hydrogen-bond donors (Lipinski definition) is 0. The van der Waals surface area contributed by atoms with Crippen LogP contribution in [0.25, 0.3) is 6.08 Å². The van der Waals surface area contributed by atoms with Gasteiger partial charge in [0.15, 0.2) is 0 Å². The maximum absolute atomic E-state index is 13.6. The Morgan fingerprint density at radius 1 is 0.953 bits per heavy atom. The van der Waals surface area contributed by atoms with E-state index in [0.717, 1.165) is 29.1 Å². The van der Waals surface area contributed by atoms with E-state index >= 15 is 0 Å². The Balaban J connectivity index is 1.57. The first-order valence-electron chi connectivity index (χ1n) is 13.8. The van der Waals surface area contributed by atoms with E-state index in [0.29, 0.717) is 31.7 Å². The van der Waals surface area contributed by atoms with Gasteiger partial charge in [-0.25, -0.2) is 4.79 Å². The normalized spacial score (nSPS) is 14.4. The van der Waals surface area contributed by atoms with Crippen LogP contribution < -0.4 is 4.90 Å². The third-order valence-electron chi connectivity index (χ3n) is 7.28. The first-order valence-corrected chi connectivity index (χ1v) is 13.8. The minimum absolute atomic E-state index is 0.0547. The summed E-state index contributed by atoms with van der Waals surface area (Å²) in [6.45, 7) is 4.33. The number of anilines is 1. The number of alkyl halides is 3. The Morgan fingerprint density at radius 2 is 1.63 bits per heavy atom. The van der Waals surface area contributed by atoms with Crippen molar-refractivity contribution in [1.82, 2.24) is 14.8 Å². The lowest BCUT2D eigenvalue weighted by Gasteiger charge is -2.35. The molecule has 1 fully saturated rings. The zero-order valence-electron chi connectivity index (χ0n) is 24.0. The summed E-state index contributed by atoms with van der Waals surface area (Å²) in [7, 11) is 1.26. The highest BCUT2D eigenvalue weighted by Crippen LogP contribution is 2.27. The molecule has 8 nitrogen and oxygen atoms in total. The third-order valence-corrected chi connectivity index (χ3v) is 7.28. The molecule has 43 heavy (non-hydrogen) atoms. The number of benzene rings is 2. The van der Waals surface area contributed by atoms with E-state index in [9.17, 15) is 27.6 Å². The van der Waals surface area contributed by atoms with Gasteiger partial charge in [0.25, 0.3) is 0 Å². The van der Waals surface area contributed by atoms with Gasteiger partial charge in [0, 0.05) is 64.0 Å². The molecule has 0 bridgehead atoms. The number of nitrogens with zero attached hydrogens (tertiary/aromatic N) is 4. The van der Waals surface area contributed by atoms with E-state index in [4.69, 9.17) is 4.74 Å². The first kappa shape index (κ1) is 31.3. The van der Waals surface area contributed by atoms with Gasteiger partial charge in [-0.3, -0.25) is 14.6 Å². The molecule has 3 aromatic rings. The summed E-state index contributed by atoms with van der Waals surface area (Å²) in [5.74, 6) is -1.06. The topological polar surface area (TPSA) is 83.0 Å². The Hall–Kier alpha value is -4.67. The number of rotatable bonds is 9. The number of pyridine rings is 1. The minimum Gasteiger partial charge on any atom is -0.467 e. The van der Waals surface area contributed by atoms with Gasteiger partial charge >= 0.3 is 12.1 Å². The Labute approximate surface area is 248 Å². The van der Waals surface area contributed by atoms with Crippen molar-refractivity contribution in [2.45, 2.75) is 32.1 Å². The second kappa shape index (κ2) is 14.0. The highest BCUT2D eigenvalue weighted by Gasteiger charge is 2.32. The highest BCUT2D eigenvalue weighted by atomic mass is 19.4. The summed E-state index contributed by atoms with van der Waals surface area (Å²) in [5.41, 5.74) is 1.84. The van der Waals surface area contributed by atoms with Crippen LogP contribution in [0, 0.1) is 0 Å². The van der Waals surface area contributed by atoms with Crippen molar-refractivity contribution in [3.63, 3.8) is 0 Å². The van der Waals surface area contributed by atoms with Crippen molar-refractivity contribution in [3.8, 4) is 0 Å². The zero-order valence-corrected chi connectivity index (χ0v) is 24.0. The molecular weight excluding hydrogens is 561 g/mol. The van der Waals surface area contributed by atoms with Gasteiger partial charge in [-0.2, -0.15) is 13.2 Å². The predicted octanol–water partition coefficient (Wildman–Crippen LogP) is 4.60. The van der Waals surface area contributed by atoms with Crippen molar-refractivity contribution in [1.29, 1.82) is 0 Å². The number of ether oxygens (including phenoxy) is 1. The summed E-state index contributed by atoms with van der Waals surface area (Å²) in [6.07, 6.45) is -0.753. The molecule has 2 aromatic carbocycles. The highest BCUT2D eigenvalue weighted by molar-refractivity contribution is 5.94. The van der Waals surface area contributed by atoms with Crippen LogP contribution in [0.1, 0.15) is 29.3 Å². The summed E-state index contributed by atoms with van der Waals surface area (Å²) in [6, 6.07) is 18.0. The third kappa shape index (κ3) is 8.43. The maximum atomic E-state index is 13.6. The van der Waals surface area contributed by atoms with Crippen LogP contribution in [0.4, 0.5) is 18.9 Å². The standard InChI is InChI=1S/C32H33F3N4O4/c1-23(40)37-16-18-38(19-17-37)27-12-8-26(9-13-27)22-39(28(31(42)43-2)20-24-6-4-3-5-7-24)30(41)15-11-25-10-14-29(36-21-25)32(33,34)35/h3-15,21,28H,16-20,22H2,1-2H3. The summed E-state index contributed by atoms with van der Waals surface area (Å²) >= 11 is 0. The molecule has 0 aliphatic carbocycles. The number of methoxy groups -OCH3 is 1. The monoisotopic (exact) mass is 594 g/mol. The van der Waals surface area contributed by atoms with E-state index in [-0.39, 0.29) is 18.9 Å². The Morgan fingerprint density at radius 3 is 2.19 bits per heavy atom. The molecular formula is C32H33F3N4O4. The lowest BCUT2D eigenvalue weighted by molar-refractivity contribution is -0.151. The summed E-state index contributed by atoms with van der Waals surface area (Å²) in [5, 5.41) is 0. The van der Waals surface area contributed by atoms with Crippen LogP contribution in [-0.4, -0.2) is 71.9 Å². The molecule has 1 aromatic heterocycles. The average molecular weight is 595 g/mol. The number of amides is 2. The second-order valence-electron chi connectivity index (χ2n) is 10.2. The van der Waals surface area contributed by atoms with Gasteiger partial charge in [0.05, 0.1) is 7.11 Å². The molecule has 226 valence electrons. The average Bonchev–Trinajstić information content (AvgIpc) is 3.01. The number of halogens is 3. The van der Waals surface area contributed by atoms with Gasteiger partial charge in [0.1, 0.15) is 11.7 Å². The van der Waals surface area contributed by atoms with E-state index < -0.39 is 29.8 Å². The minimum atomic E-state index is -4.57. The van der Waals surface area contributed by atoms with Gasteiger partial charge < -0.3 is 19.4 Å². The molecule has 0 N–H and O–H groups in total. The quantitative estimate of drug-likeness (QED) is 0.266. The fourth-order valence-electron chi connectivity index (χ4n) is 4.86. The smallest absolute Gasteiger partial charge is 0.433 e. The molecule has 2 heterocycles. The lowest BCUT2D eigenvalue weighted by atomic mass is 10.0. The van der Waals surface area contributed by atoms with E-state index in [1.54, 1.807) is 6.92 Å². The Kier molecular flexibility index (Phi) is 10.2. The Bertz CT molecular complexity index is 1420. The van der Waals surface area contributed by atoms with E-state index in [1.807, 2.05) is 59.5 Å². The van der Waals surface area contributed by atoms with Gasteiger partial charge in [-0.15, -0.1) is 0 Å². The van der Waals surface area contributed by atoms with Crippen molar-refractivity contribution in [2.24, 2.45) is 0 Å². The van der Waals surface area contributed by atoms with E-state index in [1.165, 1.54) is 30.2 Å². The van der Waals surface area contributed by atoms with Crippen molar-refractivity contribution in [3.05, 3.63) is 101 Å². The largest absolute Gasteiger partial charge is 0.467 e. The fourth-order valence-corrected chi connectivity index (χ4v) is 4.86. The van der Waals surface area contributed by atoms with Crippen molar-refractivity contribution in [2.75, 3.05) is 38.2 Å². The van der Waals surface area contributed by atoms with Crippen molar-refractivity contribution >= 4 is 29.5 Å². The predicted molar refractivity (Wildman–Crippen MR) is 156 cm³/mol. The molecule has 0 radical (unpaired) electrons. The first-order chi connectivity index (χ1) is 20.5. The van der Waals surface area contributed by atoms with Crippen LogP contribution in [0.15, 0.2) is 79.0 Å². The number of piperazine rings is 1. The molecule has 1 aliphatic heterocycles. The molecule has 0 spiro atoms. The van der Waals surface area contributed by atoms with Gasteiger partial charge in [-0.1, -0.05) is 48.5 Å². The molecule has 0 saturated carbocycles. The van der Waals surface area contributed by atoms with Gasteiger partial charge in [0.2, 0.25) is 11.8 Å². The van der Waals surface area contributed by atoms with Crippen LogP contribution in [0.5, 0.6) is 0 Å². The molecule has 11 heteroatoms. The van der Waals surface area contributed by atoms with Crippen LogP contribution in [0.3, 0.4) is 0 Å². The fraction of sp³-hybridized carbons (Fsp3) is 0.312. The van der Waals surface area contributed by atoms with Crippen LogP contribution >= 0.6 is 0 Å². The number of carbonyl (C=O) groups excluding carboxylic acids is 3. The number of hydrogen-bond acceptors (Lipinski definition) is 6. The molecule has 1 atom stereocenters. The number of carbonyl (C=O) groups is 3. The SMILES string of the molecule is COC(=O)C(Cc1ccccc1)N(Cc1ccc(N2CCN(C(C)=O)CC2)cc1)C(=O)C=Cc1ccc(C(F)(F)F)nc1. The summed E-state index contributed by atoms with van der Waals surface area (Å²) < 4.78 is 43.8. The molecule has 1 saturated heterocycles. The summed E-state index contributed by atoms with van der Waals surface area (Å²) in [4.78, 5) is 47.1. The van der Waals surface area contributed by atoms with Crippen molar-refractivity contribution < 1.29 is 32.3 Å². The number of aromatic nitrogens is 1. The van der Waals surface area contributed by atoms with Crippen LogP contribution in [0.2, 0.25) is 0 Å². The molecule has 1 aliphatic rings. The molecule has 4 rings (SSSR count). The van der Waals surface area contributed by atoms with Crippen LogP contribution in [-0.2, 0) is 38.3 Å². The van der Waals surface area contributed by atoms with E-state index in [2.05, 4.69) is 9.88 Å². The number of esters is 1. The maximum Gasteiger partial charge on any atom is 0.433 e. The molecule has 2 amide bonds. The van der Waals surface area contributed by atoms with Gasteiger partial charge in [-0.05, 0) is 41.0 Å².